The molecule has 3 aromatic rings. The molecule has 0 aliphatic heterocycles. The van der Waals surface area contributed by atoms with Gasteiger partial charge in [-0.1, -0.05) is 23.9 Å². The molecule has 10 nitrogen and oxygen atoms in total. The van der Waals surface area contributed by atoms with E-state index in [9.17, 15) is 14.4 Å². The maximum Gasteiger partial charge on any atom is 0.337 e. The predicted molar refractivity (Wildman–Crippen MR) is 134 cm³/mol. The van der Waals surface area contributed by atoms with E-state index in [1.807, 2.05) is 39.0 Å². The molecule has 1 aromatic heterocycles. The van der Waals surface area contributed by atoms with Gasteiger partial charge in [0.25, 0.3) is 0 Å². The van der Waals surface area contributed by atoms with Crippen molar-refractivity contribution in [2.45, 2.75) is 32.0 Å². The average molecular weight is 513 g/mol. The molecule has 11 heteroatoms. The number of aryl methyl sites for hydroxylation is 1. The summed E-state index contributed by atoms with van der Waals surface area (Å²) in [6.45, 7) is 5.92. The fraction of sp³-hybridized carbons (Fsp3) is 0.320. The Morgan fingerprint density at radius 3 is 2.28 bits per heavy atom. The van der Waals surface area contributed by atoms with Crippen molar-refractivity contribution in [2.75, 3.05) is 25.3 Å². The lowest BCUT2D eigenvalue weighted by atomic mass is 10.1. The van der Waals surface area contributed by atoms with E-state index in [1.165, 1.54) is 44.2 Å². The highest BCUT2D eigenvalue weighted by Gasteiger charge is 2.20. The smallest absolute Gasteiger partial charge is 0.337 e. The fourth-order valence-corrected chi connectivity index (χ4v) is 4.12. The van der Waals surface area contributed by atoms with Crippen LogP contribution in [0.1, 0.15) is 50.7 Å². The molecule has 1 unspecified atom stereocenters. The molecule has 1 atom stereocenters. The molecule has 1 amide bonds. The van der Waals surface area contributed by atoms with Gasteiger partial charge in [0.2, 0.25) is 5.91 Å². The van der Waals surface area contributed by atoms with Crippen LogP contribution in [-0.4, -0.2) is 52.6 Å². The minimum Gasteiger partial charge on any atom is -0.482 e. The van der Waals surface area contributed by atoms with Crippen LogP contribution >= 0.6 is 11.8 Å². The number of nitrogens with zero attached hydrogens (tertiary/aromatic N) is 3. The van der Waals surface area contributed by atoms with E-state index in [4.69, 9.17) is 14.2 Å². The van der Waals surface area contributed by atoms with E-state index in [1.54, 1.807) is 11.6 Å². The zero-order chi connectivity index (χ0) is 26.4. The lowest BCUT2D eigenvalue weighted by molar-refractivity contribution is -0.113. The van der Waals surface area contributed by atoms with Crippen LogP contribution in [0.25, 0.3) is 0 Å². The van der Waals surface area contributed by atoms with Gasteiger partial charge in [-0.3, -0.25) is 4.79 Å². The molecular formula is C25H28N4O6S. The summed E-state index contributed by atoms with van der Waals surface area (Å²) in [5.74, 6) is -0.230. The fourth-order valence-electron chi connectivity index (χ4n) is 3.40. The van der Waals surface area contributed by atoms with Gasteiger partial charge in [0, 0.05) is 12.7 Å². The minimum atomic E-state index is -0.644. The number of rotatable bonds is 9. The third-order valence-electron chi connectivity index (χ3n) is 5.48. The summed E-state index contributed by atoms with van der Waals surface area (Å²) in [6.07, 6.45) is -0.357. The maximum atomic E-state index is 12.6. The number of esters is 2. The molecule has 0 fully saturated rings. The monoisotopic (exact) mass is 512 g/mol. The molecule has 0 saturated carbocycles. The second-order valence-corrected chi connectivity index (χ2v) is 8.92. The van der Waals surface area contributed by atoms with E-state index in [-0.39, 0.29) is 34.6 Å². The number of hydrogen-bond acceptors (Lipinski definition) is 9. The molecule has 0 bridgehead atoms. The molecule has 3 rings (SSSR count). The summed E-state index contributed by atoms with van der Waals surface area (Å²) in [5, 5.41) is 11.7. The van der Waals surface area contributed by atoms with E-state index < -0.39 is 11.9 Å². The summed E-state index contributed by atoms with van der Waals surface area (Å²) in [5.41, 5.74) is 2.68. The molecule has 36 heavy (non-hydrogen) atoms. The van der Waals surface area contributed by atoms with Crippen LogP contribution in [0.5, 0.6) is 5.75 Å². The minimum absolute atomic E-state index is 0.0220. The van der Waals surface area contributed by atoms with Crippen LogP contribution < -0.4 is 10.1 Å². The van der Waals surface area contributed by atoms with E-state index in [0.29, 0.717) is 11.0 Å². The van der Waals surface area contributed by atoms with Gasteiger partial charge in [0.05, 0.1) is 31.1 Å². The van der Waals surface area contributed by atoms with Gasteiger partial charge in [0.1, 0.15) is 5.75 Å². The highest BCUT2D eigenvalue weighted by molar-refractivity contribution is 7.99. The number of aromatic nitrogens is 3. The zero-order valence-corrected chi connectivity index (χ0v) is 21.8. The summed E-state index contributed by atoms with van der Waals surface area (Å²) in [4.78, 5) is 36.5. The number of methoxy groups -OCH3 is 2. The Bertz CT molecular complexity index is 1260. The Labute approximate surface area is 213 Å². The zero-order valence-electron chi connectivity index (χ0n) is 20.9. The standard InChI is InChI=1S/C25H28N4O6S/c1-14-8-7-9-20(15(14)2)35-16(3)22-27-28-25(29(22)4)36-13-21(30)26-19-11-17(23(31)33-5)10-18(12-19)24(32)34-6/h7-12,16H,13H2,1-6H3,(H,26,30). The molecule has 0 aliphatic rings. The maximum absolute atomic E-state index is 12.6. The summed E-state index contributed by atoms with van der Waals surface area (Å²) in [7, 11) is 4.26. The largest absolute Gasteiger partial charge is 0.482 e. The molecule has 1 heterocycles. The van der Waals surface area contributed by atoms with Gasteiger partial charge < -0.3 is 24.1 Å². The second kappa shape index (κ2) is 11.7. The molecular weight excluding hydrogens is 484 g/mol. The van der Waals surface area contributed by atoms with Crippen molar-refractivity contribution in [3.05, 3.63) is 64.5 Å². The van der Waals surface area contributed by atoms with Crippen LogP contribution in [0, 0.1) is 13.8 Å². The highest BCUT2D eigenvalue weighted by Crippen LogP contribution is 2.27. The molecule has 1 N–H and O–H groups in total. The van der Waals surface area contributed by atoms with Crippen LogP contribution in [-0.2, 0) is 21.3 Å². The summed E-state index contributed by atoms with van der Waals surface area (Å²) in [6, 6.07) is 10.1. The summed E-state index contributed by atoms with van der Waals surface area (Å²) >= 11 is 1.19. The third kappa shape index (κ3) is 6.22. The Morgan fingerprint density at radius 2 is 1.67 bits per heavy atom. The van der Waals surface area contributed by atoms with Gasteiger partial charge >= 0.3 is 11.9 Å². The first-order valence-electron chi connectivity index (χ1n) is 11.0. The molecule has 0 radical (unpaired) electrons. The van der Waals surface area contributed by atoms with Gasteiger partial charge in [-0.05, 0) is 56.2 Å². The van der Waals surface area contributed by atoms with Crippen LogP contribution in [0.3, 0.4) is 0 Å². The van der Waals surface area contributed by atoms with E-state index >= 15 is 0 Å². The quantitative estimate of drug-likeness (QED) is 0.336. The van der Waals surface area contributed by atoms with E-state index in [2.05, 4.69) is 15.5 Å². The van der Waals surface area contributed by atoms with Crippen molar-refractivity contribution < 1.29 is 28.6 Å². The predicted octanol–water partition coefficient (Wildman–Crippen LogP) is 3.88. The van der Waals surface area contributed by atoms with Crippen molar-refractivity contribution in [2.24, 2.45) is 7.05 Å². The van der Waals surface area contributed by atoms with Crippen molar-refractivity contribution in [3.63, 3.8) is 0 Å². The Morgan fingerprint density at radius 1 is 1.03 bits per heavy atom. The van der Waals surface area contributed by atoms with Crippen LogP contribution in [0.15, 0.2) is 41.6 Å². The first-order valence-corrected chi connectivity index (χ1v) is 12.0. The average Bonchev–Trinajstić information content (AvgIpc) is 3.24. The van der Waals surface area contributed by atoms with Crippen molar-refractivity contribution in [1.29, 1.82) is 0 Å². The normalized spacial score (nSPS) is 11.5. The SMILES string of the molecule is COC(=O)c1cc(NC(=O)CSc2nnc(C(C)Oc3cccc(C)c3C)n2C)cc(C(=O)OC)c1. The van der Waals surface area contributed by atoms with Crippen LogP contribution in [0.2, 0.25) is 0 Å². The molecule has 0 saturated heterocycles. The molecule has 190 valence electrons. The summed E-state index contributed by atoms with van der Waals surface area (Å²) < 4.78 is 17.3. The lowest BCUT2D eigenvalue weighted by Gasteiger charge is -2.17. The number of hydrogen-bond donors (Lipinski definition) is 1. The topological polar surface area (TPSA) is 122 Å². The van der Waals surface area contributed by atoms with Gasteiger partial charge in [-0.15, -0.1) is 10.2 Å². The Balaban J connectivity index is 1.67. The Hall–Kier alpha value is -3.86. The first kappa shape index (κ1) is 26.7. The number of amides is 1. The number of nitrogens with one attached hydrogen (secondary N) is 1. The lowest BCUT2D eigenvalue weighted by Crippen LogP contribution is -2.16. The number of thioether (sulfide) groups is 1. The molecule has 0 aliphatic carbocycles. The highest BCUT2D eigenvalue weighted by atomic mass is 32.2. The number of carbonyl (C=O) groups is 3. The number of carbonyl (C=O) groups excluding carboxylic acids is 3. The number of anilines is 1. The third-order valence-corrected chi connectivity index (χ3v) is 6.50. The van der Waals surface area contributed by atoms with Crippen molar-refractivity contribution in [3.8, 4) is 5.75 Å². The van der Waals surface area contributed by atoms with Crippen LogP contribution in [0.4, 0.5) is 5.69 Å². The van der Waals surface area contributed by atoms with Gasteiger partial charge in [-0.2, -0.15) is 0 Å². The second-order valence-electron chi connectivity index (χ2n) is 7.98. The van der Waals surface area contributed by atoms with Gasteiger partial charge in [-0.25, -0.2) is 9.59 Å². The van der Waals surface area contributed by atoms with E-state index in [0.717, 1.165) is 16.9 Å². The number of ether oxygens (including phenoxy) is 3. The van der Waals surface area contributed by atoms with Crippen molar-refractivity contribution in [1.82, 2.24) is 14.8 Å². The van der Waals surface area contributed by atoms with Gasteiger partial charge in [0.15, 0.2) is 17.1 Å². The number of benzene rings is 2. The molecule has 0 spiro atoms. The molecule has 2 aromatic carbocycles. The Kier molecular flexibility index (Phi) is 8.70. The van der Waals surface area contributed by atoms with Crippen molar-refractivity contribution >= 4 is 35.3 Å². The first-order chi connectivity index (χ1) is 17.1.